The van der Waals surface area contributed by atoms with E-state index in [0.29, 0.717) is 32.4 Å². The molecule has 0 radical (unpaired) electrons. The van der Waals surface area contributed by atoms with Gasteiger partial charge in [0.15, 0.2) is 5.96 Å². The van der Waals surface area contributed by atoms with Crippen LogP contribution in [-0.2, 0) is 9.47 Å². The van der Waals surface area contributed by atoms with E-state index >= 15 is 0 Å². The minimum absolute atomic E-state index is 0.616. The fraction of sp³-hybridized carbons (Fsp3) is 0.941. The Bertz CT molecular complexity index is 298. The molecule has 2 unspecified atom stereocenters. The summed E-state index contributed by atoms with van der Waals surface area (Å²) in [4.78, 5) is 4.56. The Hall–Kier alpha value is -0.810. The van der Waals surface area contributed by atoms with E-state index in [1.165, 1.54) is 25.7 Å². The molecule has 0 heterocycles. The molecule has 1 saturated carbocycles. The second-order valence-corrected chi connectivity index (χ2v) is 5.87. The topological polar surface area (TPSA) is 54.9 Å². The molecule has 0 aliphatic heterocycles. The first kappa shape index (κ1) is 19.2. The second-order valence-electron chi connectivity index (χ2n) is 5.87. The summed E-state index contributed by atoms with van der Waals surface area (Å²) in [6, 6.07) is 0.616. The van der Waals surface area contributed by atoms with Gasteiger partial charge in [-0.25, -0.2) is 0 Å². The summed E-state index contributed by atoms with van der Waals surface area (Å²) in [6.07, 6.45) is 6.17. The highest BCUT2D eigenvalue weighted by Crippen LogP contribution is 2.34. The lowest BCUT2D eigenvalue weighted by Gasteiger charge is -2.11. The summed E-state index contributed by atoms with van der Waals surface area (Å²) >= 11 is 0. The number of aliphatic imine (C=N–C) groups is 1. The summed E-state index contributed by atoms with van der Waals surface area (Å²) < 4.78 is 11.0. The van der Waals surface area contributed by atoms with Gasteiger partial charge in [0.25, 0.3) is 0 Å². The number of hydrogen-bond acceptors (Lipinski definition) is 3. The molecule has 0 bridgehead atoms. The third-order valence-electron chi connectivity index (χ3n) is 3.77. The van der Waals surface area contributed by atoms with Crippen molar-refractivity contribution in [2.24, 2.45) is 10.9 Å². The Morgan fingerprint density at radius 1 is 1.05 bits per heavy atom. The Balaban J connectivity index is 2.05. The lowest BCUT2D eigenvalue weighted by atomic mass is 10.2. The van der Waals surface area contributed by atoms with Gasteiger partial charge in [0, 0.05) is 19.2 Å². The van der Waals surface area contributed by atoms with Crippen LogP contribution < -0.4 is 10.6 Å². The van der Waals surface area contributed by atoms with Gasteiger partial charge in [-0.3, -0.25) is 4.99 Å². The first-order chi connectivity index (χ1) is 10.8. The van der Waals surface area contributed by atoms with Gasteiger partial charge in [-0.15, -0.1) is 0 Å². The van der Waals surface area contributed by atoms with Crippen LogP contribution in [-0.4, -0.2) is 51.5 Å². The van der Waals surface area contributed by atoms with Crippen LogP contribution in [0.2, 0.25) is 0 Å². The molecule has 1 rings (SSSR count). The molecule has 5 nitrogen and oxygen atoms in total. The fourth-order valence-electron chi connectivity index (χ4n) is 2.40. The standard InChI is InChI=1S/C17H35N3O2/c1-4-7-10-21-12-13-22-11-9-19-17(18-6-3)20-16-14-15(16)8-5-2/h15-16H,4-14H2,1-3H3,(H2,18,19,20). The molecule has 0 saturated heterocycles. The molecule has 1 aliphatic carbocycles. The minimum atomic E-state index is 0.616. The molecule has 1 fully saturated rings. The second kappa shape index (κ2) is 12.7. The van der Waals surface area contributed by atoms with Crippen LogP contribution >= 0.6 is 0 Å². The van der Waals surface area contributed by atoms with E-state index in [1.807, 2.05) is 0 Å². The highest BCUT2D eigenvalue weighted by molar-refractivity contribution is 5.80. The molecule has 5 heteroatoms. The van der Waals surface area contributed by atoms with Crippen molar-refractivity contribution in [3.8, 4) is 0 Å². The molecule has 0 aromatic rings. The lowest BCUT2D eigenvalue weighted by Crippen LogP contribution is -2.39. The van der Waals surface area contributed by atoms with Crippen LogP contribution in [0.3, 0.4) is 0 Å². The van der Waals surface area contributed by atoms with E-state index in [4.69, 9.17) is 9.47 Å². The Morgan fingerprint density at radius 2 is 1.82 bits per heavy atom. The number of ether oxygens (including phenoxy) is 2. The van der Waals surface area contributed by atoms with E-state index in [2.05, 4.69) is 36.4 Å². The van der Waals surface area contributed by atoms with Crippen LogP contribution in [0.1, 0.15) is 52.9 Å². The van der Waals surface area contributed by atoms with Gasteiger partial charge in [-0.2, -0.15) is 0 Å². The van der Waals surface area contributed by atoms with Gasteiger partial charge >= 0.3 is 0 Å². The first-order valence-electron chi connectivity index (χ1n) is 9.02. The molecule has 0 aromatic carbocycles. The van der Waals surface area contributed by atoms with Crippen molar-refractivity contribution in [2.45, 2.75) is 58.9 Å². The lowest BCUT2D eigenvalue weighted by molar-refractivity contribution is 0.0497. The van der Waals surface area contributed by atoms with Crippen molar-refractivity contribution in [1.29, 1.82) is 0 Å². The van der Waals surface area contributed by atoms with Gasteiger partial charge in [-0.05, 0) is 32.1 Å². The van der Waals surface area contributed by atoms with Crippen molar-refractivity contribution in [1.82, 2.24) is 10.6 Å². The molecule has 22 heavy (non-hydrogen) atoms. The average molecular weight is 313 g/mol. The van der Waals surface area contributed by atoms with E-state index in [1.54, 1.807) is 0 Å². The van der Waals surface area contributed by atoms with Gasteiger partial charge in [-0.1, -0.05) is 26.7 Å². The molecule has 2 N–H and O–H groups in total. The summed E-state index contributed by atoms with van der Waals surface area (Å²) in [5.41, 5.74) is 0. The molecule has 0 spiro atoms. The molecular weight excluding hydrogens is 278 g/mol. The van der Waals surface area contributed by atoms with Crippen molar-refractivity contribution in [3.63, 3.8) is 0 Å². The number of rotatable bonds is 13. The maximum Gasteiger partial charge on any atom is 0.191 e. The fourth-order valence-corrected chi connectivity index (χ4v) is 2.40. The molecule has 0 amide bonds. The highest BCUT2D eigenvalue weighted by Gasteiger charge is 2.36. The average Bonchev–Trinajstić information content (AvgIpc) is 3.24. The smallest absolute Gasteiger partial charge is 0.191 e. The molecule has 2 atom stereocenters. The summed E-state index contributed by atoms with van der Waals surface area (Å²) in [7, 11) is 0. The van der Waals surface area contributed by atoms with Crippen molar-refractivity contribution >= 4 is 5.96 Å². The van der Waals surface area contributed by atoms with E-state index in [9.17, 15) is 0 Å². The van der Waals surface area contributed by atoms with Gasteiger partial charge in [0.05, 0.1) is 26.4 Å². The van der Waals surface area contributed by atoms with Crippen LogP contribution in [0, 0.1) is 5.92 Å². The minimum Gasteiger partial charge on any atom is -0.379 e. The number of hydrogen-bond donors (Lipinski definition) is 2. The predicted octanol–water partition coefficient (Wildman–Crippen LogP) is 2.56. The predicted molar refractivity (Wildman–Crippen MR) is 92.5 cm³/mol. The molecule has 1 aliphatic rings. The third-order valence-corrected chi connectivity index (χ3v) is 3.77. The van der Waals surface area contributed by atoms with Crippen LogP contribution in [0.15, 0.2) is 4.99 Å². The van der Waals surface area contributed by atoms with Crippen molar-refractivity contribution in [3.05, 3.63) is 0 Å². The van der Waals surface area contributed by atoms with Crippen LogP contribution in [0.25, 0.3) is 0 Å². The number of guanidine groups is 1. The zero-order valence-corrected chi connectivity index (χ0v) is 14.7. The Kier molecular flexibility index (Phi) is 11.1. The van der Waals surface area contributed by atoms with Crippen molar-refractivity contribution in [2.75, 3.05) is 39.5 Å². The monoisotopic (exact) mass is 313 g/mol. The van der Waals surface area contributed by atoms with Gasteiger partial charge in [0.2, 0.25) is 0 Å². The van der Waals surface area contributed by atoms with Crippen LogP contribution in [0.5, 0.6) is 0 Å². The van der Waals surface area contributed by atoms with E-state index in [0.717, 1.165) is 31.4 Å². The van der Waals surface area contributed by atoms with E-state index < -0.39 is 0 Å². The zero-order valence-electron chi connectivity index (χ0n) is 14.7. The first-order valence-corrected chi connectivity index (χ1v) is 9.02. The van der Waals surface area contributed by atoms with Gasteiger partial charge < -0.3 is 20.1 Å². The quantitative estimate of drug-likeness (QED) is 0.312. The summed E-state index contributed by atoms with van der Waals surface area (Å²) in [5, 5.41) is 6.81. The Labute approximate surface area is 136 Å². The molecule has 130 valence electrons. The van der Waals surface area contributed by atoms with E-state index in [-0.39, 0.29) is 0 Å². The highest BCUT2D eigenvalue weighted by atomic mass is 16.5. The van der Waals surface area contributed by atoms with Crippen LogP contribution in [0.4, 0.5) is 0 Å². The van der Waals surface area contributed by atoms with Crippen molar-refractivity contribution < 1.29 is 9.47 Å². The maximum absolute atomic E-state index is 5.54. The Morgan fingerprint density at radius 3 is 2.50 bits per heavy atom. The number of nitrogens with zero attached hydrogens (tertiary/aromatic N) is 1. The number of unbranched alkanes of at least 4 members (excludes halogenated alkanes) is 1. The largest absolute Gasteiger partial charge is 0.379 e. The third kappa shape index (κ3) is 9.26. The zero-order chi connectivity index (χ0) is 16.0. The normalized spacial score (nSPS) is 21.0. The summed E-state index contributed by atoms with van der Waals surface area (Å²) in [6.45, 7) is 10.9. The molecular formula is C17H35N3O2. The molecule has 0 aromatic heterocycles. The summed E-state index contributed by atoms with van der Waals surface area (Å²) in [5.74, 6) is 1.76. The SMILES string of the molecule is CCCCOCCOCCN=C(NCC)NC1CC1CCC. The maximum atomic E-state index is 5.54. The van der Waals surface area contributed by atoms with Gasteiger partial charge in [0.1, 0.15) is 0 Å². The number of nitrogens with one attached hydrogen (secondary N) is 2.